The molecule has 13 heavy (non-hydrogen) atoms. The molecule has 0 aromatic rings. The van der Waals surface area contributed by atoms with Crippen molar-refractivity contribution >= 4 is 11.7 Å². The summed E-state index contributed by atoms with van der Waals surface area (Å²) in [6.45, 7) is 4.26. The van der Waals surface area contributed by atoms with Gasteiger partial charge in [-0.25, -0.2) is 0 Å². The molecule has 0 rings (SSSR count). The maximum atomic E-state index is 10.8. The van der Waals surface area contributed by atoms with Crippen LogP contribution < -0.4 is 0 Å². The van der Waals surface area contributed by atoms with Crippen LogP contribution in [-0.4, -0.2) is 37.4 Å². The summed E-state index contributed by atoms with van der Waals surface area (Å²) in [5, 5.41) is 5.80. The molecule has 0 aromatic heterocycles. The van der Waals surface area contributed by atoms with Gasteiger partial charge in [-0.1, -0.05) is 13.3 Å². The van der Waals surface area contributed by atoms with E-state index in [2.05, 4.69) is 16.8 Å². The minimum absolute atomic E-state index is 0.206. The largest absolute Gasteiger partial charge is 0.468 e. The van der Waals surface area contributed by atoms with Crippen molar-refractivity contribution in [1.82, 2.24) is 5.01 Å². The van der Waals surface area contributed by atoms with Crippen LogP contribution in [0.5, 0.6) is 0 Å². The molecule has 76 valence electrons. The number of hydrogen-bond acceptors (Lipinski definition) is 4. The minimum atomic E-state index is -0.268. The van der Waals surface area contributed by atoms with Gasteiger partial charge in [-0.05, 0) is 13.3 Å². The molecule has 0 aromatic carbocycles. The maximum Gasteiger partial charge on any atom is 0.327 e. The lowest BCUT2D eigenvalue weighted by Crippen LogP contribution is -2.23. The van der Waals surface area contributed by atoms with Crippen LogP contribution in [0.15, 0.2) is 5.10 Å². The highest BCUT2D eigenvalue weighted by Gasteiger charge is 2.03. The van der Waals surface area contributed by atoms with E-state index in [-0.39, 0.29) is 12.5 Å². The first-order chi connectivity index (χ1) is 6.10. The molecule has 0 spiro atoms. The Bertz CT molecular complexity index is 190. The number of carbonyl (C=O) groups is 1. The first-order valence-corrected chi connectivity index (χ1v) is 4.42. The van der Waals surface area contributed by atoms with E-state index in [1.165, 1.54) is 7.11 Å². The van der Waals surface area contributed by atoms with E-state index in [0.29, 0.717) is 0 Å². The molecule has 0 aliphatic heterocycles. The normalized spacial score (nSPS) is 11.2. The predicted molar refractivity (Wildman–Crippen MR) is 52.7 cm³/mol. The average Bonchev–Trinajstić information content (AvgIpc) is 2.04. The van der Waals surface area contributed by atoms with E-state index in [9.17, 15) is 4.79 Å². The summed E-state index contributed by atoms with van der Waals surface area (Å²) in [5.74, 6) is -0.268. The molecule has 0 fully saturated rings. The molecule has 4 nitrogen and oxygen atoms in total. The van der Waals surface area contributed by atoms with E-state index in [1.807, 2.05) is 6.92 Å². The second kappa shape index (κ2) is 6.46. The first kappa shape index (κ1) is 11.9. The van der Waals surface area contributed by atoms with E-state index >= 15 is 0 Å². The van der Waals surface area contributed by atoms with E-state index in [4.69, 9.17) is 0 Å². The molecule has 0 aliphatic rings. The summed E-state index contributed by atoms with van der Waals surface area (Å²) in [7, 11) is 3.13. The predicted octanol–water partition coefficient (Wildman–Crippen LogP) is 1.27. The molecule has 0 radical (unpaired) electrons. The monoisotopic (exact) mass is 186 g/mol. The zero-order valence-electron chi connectivity index (χ0n) is 8.83. The van der Waals surface area contributed by atoms with Crippen molar-refractivity contribution in [2.75, 3.05) is 20.7 Å². The zero-order valence-corrected chi connectivity index (χ0v) is 8.83. The lowest BCUT2D eigenvalue weighted by atomic mass is 10.2. The third-order valence-corrected chi connectivity index (χ3v) is 1.54. The van der Waals surface area contributed by atoms with Crippen LogP contribution in [0.3, 0.4) is 0 Å². The maximum absolute atomic E-state index is 10.8. The molecule has 4 heteroatoms. The molecule has 0 heterocycles. The number of ether oxygens (including phenoxy) is 1. The third-order valence-electron chi connectivity index (χ3n) is 1.54. The Hall–Kier alpha value is -1.06. The smallest absolute Gasteiger partial charge is 0.327 e. The van der Waals surface area contributed by atoms with Crippen LogP contribution in [-0.2, 0) is 9.53 Å². The molecule has 0 unspecified atom stereocenters. The molecule has 0 saturated carbocycles. The second-order valence-corrected chi connectivity index (χ2v) is 2.98. The van der Waals surface area contributed by atoms with E-state index in [1.54, 1.807) is 12.1 Å². The summed E-state index contributed by atoms with van der Waals surface area (Å²) in [6, 6.07) is 0. The standard InChI is InChI=1S/C9H18N2O2/c1-5-6-8(2)10-11(3)7-9(12)13-4/h5-7H2,1-4H3/b10-8-. The zero-order chi connectivity index (χ0) is 10.3. The van der Waals surface area contributed by atoms with Gasteiger partial charge >= 0.3 is 5.97 Å². The van der Waals surface area contributed by atoms with Gasteiger partial charge < -0.3 is 4.74 Å². The van der Waals surface area contributed by atoms with Crippen LogP contribution in [0.25, 0.3) is 0 Å². The number of carbonyl (C=O) groups excluding carboxylic acids is 1. The second-order valence-electron chi connectivity index (χ2n) is 2.98. The molecular weight excluding hydrogens is 168 g/mol. The Kier molecular flexibility index (Phi) is 5.93. The summed E-state index contributed by atoms with van der Waals surface area (Å²) < 4.78 is 4.51. The Morgan fingerprint density at radius 1 is 1.54 bits per heavy atom. The fourth-order valence-corrected chi connectivity index (χ4v) is 0.990. The van der Waals surface area contributed by atoms with Crippen molar-refractivity contribution in [3.63, 3.8) is 0 Å². The molecule has 0 saturated heterocycles. The molecule has 0 atom stereocenters. The number of esters is 1. The van der Waals surface area contributed by atoms with Gasteiger partial charge in [0, 0.05) is 12.8 Å². The van der Waals surface area contributed by atoms with Gasteiger partial charge in [-0.2, -0.15) is 5.10 Å². The Morgan fingerprint density at radius 2 is 2.15 bits per heavy atom. The minimum Gasteiger partial charge on any atom is -0.468 e. The fraction of sp³-hybridized carbons (Fsp3) is 0.778. The molecule has 0 amide bonds. The number of rotatable bonds is 5. The van der Waals surface area contributed by atoms with Crippen LogP contribution in [0, 0.1) is 0 Å². The highest BCUT2D eigenvalue weighted by atomic mass is 16.5. The number of hydrazone groups is 1. The highest BCUT2D eigenvalue weighted by Crippen LogP contribution is 1.94. The molecule has 0 bridgehead atoms. The van der Waals surface area contributed by atoms with Crippen LogP contribution >= 0.6 is 0 Å². The number of likely N-dealkylation sites (N-methyl/N-ethyl adjacent to an activating group) is 1. The summed E-state index contributed by atoms with van der Waals surface area (Å²) in [5.41, 5.74) is 1.04. The van der Waals surface area contributed by atoms with Crippen LogP contribution in [0.4, 0.5) is 0 Å². The van der Waals surface area contributed by atoms with Gasteiger partial charge in [-0.3, -0.25) is 9.80 Å². The quantitative estimate of drug-likeness (QED) is 0.369. The van der Waals surface area contributed by atoms with Crippen molar-refractivity contribution in [2.24, 2.45) is 5.10 Å². The lowest BCUT2D eigenvalue weighted by molar-refractivity contribution is -0.141. The van der Waals surface area contributed by atoms with Gasteiger partial charge in [0.2, 0.25) is 0 Å². The summed E-state index contributed by atoms with van der Waals surface area (Å²) in [6.07, 6.45) is 2.03. The fourth-order valence-electron chi connectivity index (χ4n) is 0.990. The topological polar surface area (TPSA) is 41.9 Å². The number of nitrogens with zero attached hydrogens (tertiary/aromatic N) is 2. The number of hydrogen-bond donors (Lipinski definition) is 0. The molecule has 0 aliphatic carbocycles. The van der Waals surface area contributed by atoms with Gasteiger partial charge in [0.15, 0.2) is 0 Å². The van der Waals surface area contributed by atoms with Gasteiger partial charge in [0.1, 0.15) is 6.54 Å². The number of methoxy groups -OCH3 is 1. The Labute approximate surface area is 79.6 Å². The van der Waals surface area contributed by atoms with Crippen molar-refractivity contribution in [1.29, 1.82) is 0 Å². The Morgan fingerprint density at radius 3 is 2.62 bits per heavy atom. The average molecular weight is 186 g/mol. The molecule has 0 N–H and O–H groups in total. The highest BCUT2D eigenvalue weighted by molar-refractivity contribution is 5.81. The Balaban J connectivity index is 3.90. The third kappa shape index (κ3) is 6.13. The van der Waals surface area contributed by atoms with Gasteiger partial charge in [-0.15, -0.1) is 0 Å². The summed E-state index contributed by atoms with van der Waals surface area (Å²) in [4.78, 5) is 10.8. The van der Waals surface area contributed by atoms with Crippen LogP contribution in [0.1, 0.15) is 26.7 Å². The first-order valence-electron chi connectivity index (χ1n) is 4.42. The van der Waals surface area contributed by atoms with E-state index < -0.39 is 0 Å². The van der Waals surface area contributed by atoms with Crippen molar-refractivity contribution in [3.8, 4) is 0 Å². The van der Waals surface area contributed by atoms with Gasteiger partial charge in [0.05, 0.1) is 7.11 Å². The molecular formula is C9H18N2O2. The lowest BCUT2D eigenvalue weighted by Gasteiger charge is -2.12. The van der Waals surface area contributed by atoms with Crippen molar-refractivity contribution in [3.05, 3.63) is 0 Å². The van der Waals surface area contributed by atoms with Crippen molar-refractivity contribution in [2.45, 2.75) is 26.7 Å². The summed E-state index contributed by atoms with van der Waals surface area (Å²) >= 11 is 0. The van der Waals surface area contributed by atoms with Crippen molar-refractivity contribution < 1.29 is 9.53 Å². The van der Waals surface area contributed by atoms with Gasteiger partial charge in [0.25, 0.3) is 0 Å². The van der Waals surface area contributed by atoms with Crippen LogP contribution in [0.2, 0.25) is 0 Å². The SMILES string of the molecule is CCC/C(C)=N\N(C)CC(=O)OC. The van der Waals surface area contributed by atoms with E-state index in [0.717, 1.165) is 18.6 Å².